The van der Waals surface area contributed by atoms with Crippen LogP contribution in [0.15, 0.2) is 35.1 Å². The van der Waals surface area contributed by atoms with Crippen molar-refractivity contribution in [1.82, 2.24) is 14.7 Å². The van der Waals surface area contributed by atoms with Crippen LogP contribution in [0.2, 0.25) is 0 Å². The van der Waals surface area contributed by atoms with Crippen LogP contribution in [0.25, 0.3) is 0 Å². The first kappa shape index (κ1) is 17.9. The number of hydrogen-bond donors (Lipinski definition) is 1. The summed E-state index contributed by atoms with van der Waals surface area (Å²) in [5, 5.41) is 14.6. The van der Waals surface area contributed by atoms with Gasteiger partial charge in [0.1, 0.15) is 5.75 Å². The van der Waals surface area contributed by atoms with Crippen LogP contribution < -0.4 is 4.74 Å². The number of hydrogen-bond acceptors (Lipinski definition) is 4. The topological polar surface area (TPSA) is 67.6 Å². The summed E-state index contributed by atoms with van der Waals surface area (Å²) in [5.41, 5.74) is 1.37. The largest absolute Gasteiger partial charge is 0.497 e. The molecule has 7 heteroatoms. The zero-order valence-corrected chi connectivity index (χ0v) is 15.9. The van der Waals surface area contributed by atoms with Gasteiger partial charge >= 0.3 is 0 Å². The maximum atomic E-state index is 13.0. The molecule has 2 unspecified atom stereocenters. The number of aromatic nitrogens is 2. The molecule has 134 valence electrons. The standard InChI is InChI=1S/C18H22BrN3O3/c1-21-11-12(10-20-21)17(23)8-13-4-3-7-22(13)18(24)15-9-14(25-2)5-6-16(15)19/h5-6,9-11,13,17,23H,3-4,7-8H2,1-2H3. The van der Waals surface area contributed by atoms with E-state index >= 15 is 0 Å². The van der Waals surface area contributed by atoms with E-state index in [0.29, 0.717) is 24.3 Å². The summed E-state index contributed by atoms with van der Waals surface area (Å²) in [6.45, 7) is 0.701. The zero-order chi connectivity index (χ0) is 18.0. The summed E-state index contributed by atoms with van der Waals surface area (Å²) in [6.07, 6.45) is 5.21. The SMILES string of the molecule is COc1ccc(Br)c(C(=O)N2CCCC2CC(O)c2cnn(C)c2)c1. The number of aliphatic hydroxyl groups is 1. The number of aliphatic hydroxyl groups excluding tert-OH is 1. The molecule has 2 aromatic rings. The molecule has 0 bridgehead atoms. The highest BCUT2D eigenvalue weighted by molar-refractivity contribution is 9.10. The minimum atomic E-state index is -0.624. The fourth-order valence-corrected chi connectivity index (χ4v) is 3.72. The third kappa shape index (κ3) is 3.88. The fourth-order valence-electron chi connectivity index (χ4n) is 3.30. The summed E-state index contributed by atoms with van der Waals surface area (Å²) in [4.78, 5) is 14.9. The molecule has 3 rings (SSSR count). The molecule has 0 spiro atoms. The van der Waals surface area contributed by atoms with Gasteiger partial charge in [-0.15, -0.1) is 0 Å². The second-order valence-electron chi connectivity index (χ2n) is 6.34. The van der Waals surface area contributed by atoms with Gasteiger partial charge in [0, 0.05) is 35.9 Å². The highest BCUT2D eigenvalue weighted by Gasteiger charge is 2.32. The number of carbonyl (C=O) groups is 1. The Morgan fingerprint density at radius 3 is 3.00 bits per heavy atom. The third-order valence-electron chi connectivity index (χ3n) is 4.65. The quantitative estimate of drug-likeness (QED) is 0.826. The van der Waals surface area contributed by atoms with Gasteiger partial charge in [0.2, 0.25) is 0 Å². The van der Waals surface area contributed by atoms with E-state index in [2.05, 4.69) is 21.0 Å². The molecular weight excluding hydrogens is 386 g/mol. The number of nitrogens with zero attached hydrogens (tertiary/aromatic N) is 3. The second-order valence-corrected chi connectivity index (χ2v) is 7.19. The Kier molecular flexibility index (Phi) is 5.44. The van der Waals surface area contributed by atoms with Crippen LogP contribution in [0, 0.1) is 0 Å². The molecule has 1 aliphatic heterocycles. The van der Waals surface area contributed by atoms with E-state index in [4.69, 9.17) is 4.74 Å². The van der Waals surface area contributed by atoms with Gasteiger partial charge in [0.25, 0.3) is 5.91 Å². The molecule has 0 aliphatic carbocycles. The minimum Gasteiger partial charge on any atom is -0.497 e. The average molecular weight is 408 g/mol. The van der Waals surface area contributed by atoms with Gasteiger partial charge in [-0.1, -0.05) is 0 Å². The van der Waals surface area contributed by atoms with Gasteiger partial charge < -0.3 is 14.7 Å². The number of ether oxygens (including phenoxy) is 1. The van der Waals surface area contributed by atoms with Crippen molar-refractivity contribution in [2.24, 2.45) is 7.05 Å². The number of benzene rings is 1. The lowest BCUT2D eigenvalue weighted by atomic mass is 10.0. The Balaban J connectivity index is 1.76. The highest BCUT2D eigenvalue weighted by Crippen LogP contribution is 2.31. The van der Waals surface area contributed by atoms with Gasteiger partial charge in [-0.05, 0) is 53.4 Å². The van der Waals surface area contributed by atoms with E-state index in [0.717, 1.165) is 22.9 Å². The van der Waals surface area contributed by atoms with Crippen molar-refractivity contribution in [2.45, 2.75) is 31.4 Å². The van der Waals surface area contributed by atoms with Crippen molar-refractivity contribution in [3.8, 4) is 5.75 Å². The van der Waals surface area contributed by atoms with Gasteiger partial charge in [-0.25, -0.2) is 0 Å². The molecule has 1 amide bonds. The Labute approximate surface area is 155 Å². The van der Waals surface area contributed by atoms with Crippen LogP contribution >= 0.6 is 15.9 Å². The van der Waals surface area contributed by atoms with Crippen molar-refractivity contribution in [3.05, 3.63) is 46.2 Å². The second kappa shape index (κ2) is 7.58. The summed E-state index contributed by atoms with van der Waals surface area (Å²) < 4.78 is 7.65. The molecule has 1 aromatic carbocycles. The summed E-state index contributed by atoms with van der Waals surface area (Å²) >= 11 is 3.45. The number of halogens is 1. The molecule has 1 N–H and O–H groups in total. The van der Waals surface area contributed by atoms with E-state index in [1.807, 2.05) is 30.3 Å². The minimum absolute atomic E-state index is 0.0146. The highest BCUT2D eigenvalue weighted by atomic mass is 79.9. The lowest BCUT2D eigenvalue weighted by molar-refractivity contribution is 0.0665. The van der Waals surface area contributed by atoms with Gasteiger partial charge in [0.15, 0.2) is 0 Å². The van der Waals surface area contributed by atoms with Crippen LogP contribution in [0.3, 0.4) is 0 Å². The molecule has 0 radical (unpaired) electrons. The first-order valence-electron chi connectivity index (χ1n) is 8.30. The number of amides is 1. The molecule has 2 heterocycles. The first-order valence-corrected chi connectivity index (χ1v) is 9.10. The van der Waals surface area contributed by atoms with Crippen LogP contribution in [0.1, 0.15) is 41.3 Å². The first-order chi connectivity index (χ1) is 12.0. The van der Waals surface area contributed by atoms with Crippen molar-refractivity contribution >= 4 is 21.8 Å². The number of methoxy groups -OCH3 is 1. The number of aryl methyl sites for hydroxylation is 1. The average Bonchev–Trinajstić information content (AvgIpc) is 3.23. The molecule has 6 nitrogen and oxygen atoms in total. The fraction of sp³-hybridized carbons (Fsp3) is 0.444. The molecule has 1 aromatic heterocycles. The van der Waals surface area contributed by atoms with Crippen molar-refractivity contribution < 1.29 is 14.6 Å². The van der Waals surface area contributed by atoms with E-state index in [1.54, 1.807) is 24.1 Å². The summed E-state index contributed by atoms with van der Waals surface area (Å²) in [5.74, 6) is 0.615. The molecule has 0 saturated carbocycles. The molecule has 1 aliphatic rings. The molecule has 25 heavy (non-hydrogen) atoms. The lowest BCUT2D eigenvalue weighted by Gasteiger charge is -2.27. The Bertz CT molecular complexity index is 762. The van der Waals surface area contributed by atoms with Crippen LogP contribution in [-0.2, 0) is 7.05 Å². The van der Waals surface area contributed by atoms with E-state index in [-0.39, 0.29) is 11.9 Å². The normalized spacial score (nSPS) is 18.4. The number of rotatable bonds is 5. The molecule has 2 atom stereocenters. The van der Waals surface area contributed by atoms with Crippen LogP contribution in [0.4, 0.5) is 0 Å². The smallest absolute Gasteiger partial charge is 0.255 e. The summed E-state index contributed by atoms with van der Waals surface area (Å²) in [6, 6.07) is 5.40. The molecule has 1 saturated heterocycles. The Morgan fingerprint density at radius 2 is 2.32 bits per heavy atom. The van der Waals surface area contributed by atoms with E-state index in [1.165, 1.54) is 0 Å². The van der Waals surface area contributed by atoms with Gasteiger partial charge in [0.05, 0.1) is 25.0 Å². The van der Waals surface area contributed by atoms with Crippen LogP contribution in [0.5, 0.6) is 5.75 Å². The predicted molar refractivity (Wildman–Crippen MR) is 97.5 cm³/mol. The van der Waals surface area contributed by atoms with E-state index < -0.39 is 6.10 Å². The Hall–Kier alpha value is -1.86. The van der Waals surface area contributed by atoms with Gasteiger partial charge in [-0.2, -0.15) is 5.10 Å². The van der Waals surface area contributed by atoms with Crippen molar-refractivity contribution in [3.63, 3.8) is 0 Å². The van der Waals surface area contributed by atoms with Crippen molar-refractivity contribution in [2.75, 3.05) is 13.7 Å². The number of likely N-dealkylation sites (tertiary alicyclic amines) is 1. The predicted octanol–water partition coefficient (Wildman–Crippen LogP) is 2.92. The maximum absolute atomic E-state index is 13.0. The van der Waals surface area contributed by atoms with Crippen LogP contribution in [-0.4, -0.2) is 45.4 Å². The van der Waals surface area contributed by atoms with Gasteiger partial charge in [-0.3, -0.25) is 9.48 Å². The molecular formula is C18H22BrN3O3. The number of carbonyl (C=O) groups excluding carboxylic acids is 1. The lowest BCUT2D eigenvalue weighted by Crippen LogP contribution is -2.36. The third-order valence-corrected chi connectivity index (χ3v) is 5.34. The maximum Gasteiger partial charge on any atom is 0.255 e. The monoisotopic (exact) mass is 407 g/mol. The van der Waals surface area contributed by atoms with E-state index in [9.17, 15) is 9.90 Å². The van der Waals surface area contributed by atoms with Crippen molar-refractivity contribution in [1.29, 1.82) is 0 Å². The Morgan fingerprint density at radius 1 is 1.52 bits per heavy atom. The zero-order valence-electron chi connectivity index (χ0n) is 14.4. The summed E-state index contributed by atoms with van der Waals surface area (Å²) in [7, 11) is 3.41. The molecule has 1 fully saturated rings.